The fraction of sp³-hybridized carbons (Fsp3) is 0.429. The minimum absolute atomic E-state index is 0.118. The Morgan fingerprint density at radius 1 is 1.33 bits per heavy atom. The van der Waals surface area contributed by atoms with Crippen LogP contribution < -0.4 is 10.2 Å². The van der Waals surface area contributed by atoms with E-state index in [9.17, 15) is 9.59 Å². The van der Waals surface area contributed by atoms with Crippen molar-refractivity contribution in [3.8, 4) is 6.07 Å². The molecule has 1 aromatic carbocycles. The molecule has 2 amide bonds. The van der Waals surface area contributed by atoms with Crippen LogP contribution in [0, 0.1) is 11.3 Å². The highest BCUT2D eigenvalue weighted by molar-refractivity contribution is 8.02. The van der Waals surface area contributed by atoms with E-state index in [1.807, 2.05) is 12.1 Å². The summed E-state index contributed by atoms with van der Waals surface area (Å²) >= 11 is 3.60. The van der Waals surface area contributed by atoms with Crippen molar-refractivity contribution in [2.45, 2.75) is 17.2 Å². The number of fused-ring (bicyclic) bond motifs is 1. The van der Waals surface area contributed by atoms with Crippen LogP contribution in [0.2, 0.25) is 0 Å². The number of carbonyl (C=O) groups is 2. The van der Waals surface area contributed by atoms with Crippen LogP contribution >= 0.6 is 23.5 Å². The summed E-state index contributed by atoms with van der Waals surface area (Å²) in [6.45, 7) is 1.98. The van der Waals surface area contributed by atoms with Gasteiger partial charge in [0.25, 0.3) is 5.91 Å². The monoisotopic (exact) mass is 439 g/mol. The largest absolute Gasteiger partial charge is 0.369 e. The molecule has 4 heterocycles. The molecule has 1 N–H and O–H groups in total. The molecule has 1 spiro atoms. The van der Waals surface area contributed by atoms with Gasteiger partial charge in [-0.2, -0.15) is 17.0 Å². The Balaban J connectivity index is 1.31. The molecular weight excluding hydrogens is 418 g/mol. The molecule has 9 heteroatoms. The molecule has 0 bridgehead atoms. The number of thioether (sulfide) groups is 2. The number of nitrogens with zero attached hydrogens (tertiary/aromatic N) is 4. The average molecular weight is 440 g/mol. The Kier molecular flexibility index (Phi) is 4.99. The van der Waals surface area contributed by atoms with Crippen molar-refractivity contribution in [3.63, 3.8) is 0 Å². The number of pyridine rings is 1. The number of hydrogen-bond donors (Lipinski definition) is 1. The molecule has 3 aliphatic heterocycles. The van der Waals surface area contributed by atoms with Gasteiger partial charge in [-0.1, -0.05) is 0 Å². The van der Waals surface area contributed by atoms with E-state index >= 15 is 0 Å². The lowest BCUT2D eigenvalue weighted by Gasteiger charge is -2.56. The number of nitrogens with one attached hydrogen (secondary N) is 1. The Labute approximate surface area is 183 Å². The van der Waals surface area contributed by atoms with E-state index in [4.69, 9.17) is 5.26 Å². The molecule has 3 saturated heterocycles. The van der Waals surface area contributed by atoms with Crippen LogP contribution in [0.5, 0.6) is 0 Å². The summed E-state index contributed by atoms with van der Waals surface area (Å²) in [5.74, 6) is 1.82. The van der Waals surface area contributed by atoms with Crippen molar-refractivity contribution in [1.29, 1.82) is 5.26 Å². The first-order valence-electron chi connectivity index (χ1n) is 9.91. The standard InChI is InChI=1S/C21H21N5O2S2/c22-8-15-10-29-13-26(15)19(27)9-24-20(28)16-3-5-23-18-2-1-14(7-17(16)18)25-11-21(12-25)4-6-30-21/h1-3,5,7,15H,4,6,9-13H2,(H,24,28)/t15-/m1/s1. The number of nitriles is 1. The minimum atomic E-state index is -0.419. The van der Waals surface area contributed by atoms with Gasteiger partial charge in [0.05, 0.1) is 34.3 Å². The second-order valence-corrected chi connectivity index (χ2v) is 10.5. The molecule has 30 heavy (non-hydrogen) atoms. The van der Waals surface area contributed by atoms with Crippen LogP contribution in [0.25, 0.3) is 10.9 Å². The van der Waals surface area contributed by atoms with E-state index in [2.05, 4.69) is 39.1 Å². The van der Waals surface area contributed by atoms with E-state index < -0.39 is 6.04 Å². The topological polar surface area (TPSA) is 89.3 Å². The van der Waals surface area contributed by atoms with Crippen LogP contribution in [0.3, 0.4) is 0 Å². The molecule has 7 nitrogen and oxygen atoms in total. The second kappa shape index (κ2) is 7.67. The van der Waals surface area contributed by atoms with E-state index in [1.165, 1.54) is 17.1 Å². The van der Waals surface area contributed by atoms with Crippen LogP contribution in [0.1, 0.15) is 16.8 Å². The lowest BCUT2D eigenvalue weighted by molar-refractivity contribution is -0.129. The molecule has 1 atom stereocenters. The smallest absolute Gasteiger partial charge is 0.252 e. The van der Waals surface area contributed by atoms with Crippen molar-refractivity contribution < 1.29 is 9.59 Å². The number of aromatic nitrogens is 1. The Hall–Kier alpha value is -2.44. The molecule has 3 aliphatic rings. The molecule has 0 radical (unpaired) electrons. The quantitative estimate of drug-likeness (QED) is 0.780. The third kappa shape index (κ3) is 3.38. The van der Waals surface area contributed by atoms with E-state index in [0.29, 0.717) is 21.9 Å². The van der Waals surface area contributed by atoms with Crippen molar-refractivity contribution in [3.05, 3.63) is 36.0 Å². The van der Waals surface area contributed by atoms with Crippen molar-refractivity contribution in [2.24, 2.45) is 0 Å². The molecular formula is C21H21N5O2S2. The number of amides is 2. The highest BCUT2D eigenvalue weighted by Crippen LogP contribution is 2.48. The fourth-order valence-electron chi connectivity index (χ4n) is 4.15. The molecule has 5 rings (SSSR count). The number of anilines is 1. The summed E-state index contributed by atoms with van der Waals surface area (Å²) < 4.78 is 0.444. The maximum atomic E-state index is 12.9. The van der Waals surface area contributed by atoms with Gasteiger partial charge >= 0.3 is 0 Å². The molecule has 2 aromatic rings. The van der Waals surface area contributed by atoms with Gasteiger partial charge in [-0.15, -0.1) is 11.8 Å². The van der Waals surface area contributed by atoms with Gasteiger partial charge in [0, 0.05) is 36.1 Å². The predicted octanol–water partition coefficient (Wildman–Crippen LogP) is 2.09. The highest BCUT2D eigenvalue weighted by Gasteiger charge is 2.48. The van der Waals surface area contributed by atoms with Gasteiger partial charge in [-0.25, -0.2) is 0 Å². The maximum Gasteiger partial charge on any atom is 0.252 e. The summed E-state index contributed by atoms with van der Waals surface area (Å²) in [5.41, 5.74) is 2.37. The molecule has 1 aromatic heterocycles. The van der Waals surface area contributed by atoms with Gasteiger partial charge in [-0.05, 0) is 36.4 Å². The first-order valence-corrected chi connectivity index (χ1v) is 12.1. The first-order chi connectivity index (χ1) is 14.6. The Bertz CT molecular complexity index is 1060. The number of benzene rings is 1. The Morgan fingerprint density at radius 2 is 2.17 bits per heavy atom. The number of carbonyl (C=O) groups excluding carboxylic acids is 2. The zero-order chi connectivity index (χ0) is 20.7. The molecule has 0 unspecified atom stereocenters. The van der Waals surface area contributed by atoms with Crippen LogP contribution in [0.4, 0.5) is 5.69 Å². The third-order valence-corrected chi connectivity index (χ3v) is 8.51. The van der Waals surface area contributed by atoms with Crippen LogP contribution in [-0.2, 0) is 4.79 Å². The normalized spacial score (nSPS) is 21.8. The number of rotatable bonds is 4. The lowest BCUT2D eigenvalue weighted by Crippen LogP contribution is -2.63. The Morgan fingerprint density at radius 3 is 2.90 bits per heavy atom. The van der Waals surface area contributed by atoms with Gasteiger partial charge in [0.1, 0.15) is 6.04 Å². The average Bonchev–Trinajstić information content (AvgIpc) is 3.18. The molecule has 154 valence electrons. The van der Waals surface area contributed by atoms with Crippen molar-refractivity contribution >= 4 is 51.9 Å². The predicted molar refractivity (Wildman–Crippen MR) is 120 cm³/mol. The van der Waals surface area contributed by atoms with E-state index in [0.717, 1.165) is 29.7 Å². The van der Waals surface area contributed by atoms with Crippen LogP contribution in [0.15, 0.2) is 30.5 Å². The van der Waals surface area contributed by atoms with Gasteiger partial charge in [0.2, 0.25) is 5.91 Å². The summed E-state index contributed by atoms with van der Waals surface area (Å²) in [6, 6.07) is 9.44. The molecule has 0 saturated carbocycles. The molecule has 0 aliphatic carbocycles. The van der Waals surface area contributed by atoms with Crippen molar-refractivity contribution in [1.82, 2.24) is 15.2 Å². The van der Waals surface area contributed by atoms with Gasteiger partial charge in [-0.3, -0.25) is 14.6 Å². The van der Waals surface area contributed by atoms with E-state index in [1.54, 1.807) is 24.0 Å². The second-order valence-electron chi connectivity index (χ2n) is 7.89. The first kappa shape index (κ1) is 19.5. The summed E-state index contributed by atoms with van der Waals surface area (Å²) in [7, 11) is 0. The molecule has 3 fully saturated rings. The summed E-state index contributed by atoms with van der Waals surface area (Å²) in [5, 5.41) is 12.7. The van der Waals surface area contributed by atoms with Crippen LogP contribution in [-0.4, -0.2) is 69.5 Å². The van der Waals surface area contributed by atoms with Gasteiger partial charge < -0.3 is 15.1 Å². The third-order valence-electron chi connectivity index (χ3n) is 6.01. The SMILES string of the molecule is N#C[C@@H]1CSCN1C(=O)CNC(=O)c1ccnc2ccc(N3CC4(CCS4)C3)cc12. The highest BCUT2D eigenvalue weighted by atomic mass is 32.2. The summed E-state index contributed by atoms with van der Waals surface area (Å²) in [4.78, 5) is 33.5. The summed E-state index contributed by atoms with van der Waals surface area (Å²) in [6.07, 6.45) is 2.90. The van der Waals surface area contributed by atoms with Gasteiger partial charge in [0.15, 0.2) is 0 Å². The van der Waals surface area contributed by atoms with E-state index in [-0.39, 0.29) is 18.4 Å². The zero-order valence-corrected chi connectivity index (χ0v) is 18.0. The fourth-order valence-corrected chi connectivity index (χ4v) is 6.53. The zero-order valence-electron chi connectivity index (χ0n) is 16.3. The van der Waals surface area contributed by atoms with Crippen molar-refractivity contribution in [2.75, 3.05) is 41.9 Å². The minimum Gasteiger partial charge on any atom is -0.369 e. The number of hydrogen-bond acceptors (Lipinski definition) is 7. The lowest BCUT2D eigenvalue weighted by atomic mass is 9.93. The maximum absolute atomic E-state index is 12.9.